The second-order valence-corrected chi connectivity index (χ2v) is 3.60. The number of pyridine rings is 1. The number of aromatic hydroxyl groups is 1. The fourth-order valence-electron chi connectivity index (χ4n) is 1.32. The minimum Gasteiger partial charge on any atom is -0.506 e. The molecule has 2 N–H and O–H groups in total. The van der Waals surface area contributed by atoms with Gasteiger partial charge in [0.25, 0.3) is 5.91 Å². The Morgan fingerprint density at radius 1 is 1.42 bits per heavy atom. The van der Waals surface area contributed by atoms with E-state index in [9.17, 15) is 9.59 Å². The van der Waals surface area contributed by atoms with Gasteiger partial charge in [-0.05, 0) is 19.4 Å². The van der Waals surface area contributed by atoms with Gasteiger partial charge in [-0.3, -0.25) is 14.6 Å². The summed E-state index contributed by atoms with van der Waals surface area (Å²) in [7, 11) is 0. The lowest BCUT2D eigenvalue weighted by Crippen LogP contribution is -2.25. The Hall–Kier alpha value is -1.82. The van der Waals surface area contributed by atoms with E-state index in [1.807, 2.05) is 0 Å². The zero-order valence-electron chi connectivity index (χ0n) is 10.6. The molecule has 0 bridgehead atoms. The second-order valence-electron chi connectivity index (χ2n) is 3.60. The third-order valence-electron chi connectivity index (χ3n) is 2.13. The summed E-state index contributed by atoms with van der Waals surface area (Å²) in [5.41, 5.74) is 0.283. The molecule has 1 aromatic rings. The molecule has 1 amide bonds. The minimum absolute atomic E-state index is 0. The molecule has 0 aromatic carbocycles. The highest BCUT2D eigenvalue weighted by atomic mass is 35.5. The Bertz CT molecular complexity index is 426. The van der Waals surface area contributed by atoms with Crippen LogP contribution >= 0.6 is 12.4 Å². The van der Waals surface area contributed by atoms with E-state index in [2.05, 4.69) is 10.3 Å². The number of hydrogen-bond acceptors (Lipinski definition) is 5. The van der Waals surface area contributed by atoms with Gasteiger partial charge in [0.05, 0.1) is 18.4 Å². The molecule has 0 radical (unpaired) electrons. The standard InChI is InChI=1S/C12H16N2O4.ClH/c1-2-18-11(16)4-3-5-14-12(17)9-6-10(15)8-13-7-9;/h6-8,15H,2-5H2,1H3,(H,14,17);1H. The number of esters is 1. The van der Waals surface area contributed by atoms with E-state index >= 15 is 0 Å². The van der Waals surface area contributed by atoms with E-state index < -0.39 is 0 Å². The molecule has 0 unspecified atom stereocenters. The summed E-state index contributed by atoms with van der Waals surface area (Å²) in [5, 5.41) is 11.8. The lowest BCUT2D eigenvalue weighted by Gasteiger charge is -2.05. The van der Waals surface area contributed by atoms with Crippen LogP contribution in [-0.2, 0) is 9.53 Å². The van der Waals surface area contributed by atoms with Gasteiger partial charge in [-0.25, -0.2) is 0 Å². The smallest absolute Gasteiger partial charge is 0.305 e. The second kappa shape index (κ2) is 9.16. The molecule has 6 nitrogen and oxygen atoms in total. The molecule has 1 rings (SSSR count). The molecule has 0 aliphatic carbocycles. The van der Waals surface area contributed by atoms with Crippen molar-refractivity contribution in [3.63, 3.8) is 0 Å². The predicted octanol–water partition coefficient (Wildman–Crippen LogP) is 1.28. The van der Waals surface area contributed by atoms with Gasteiger partial charge in [-0.15, -0.1) is 12.4 Å². The molecule has 0 aliphatic heterocycles. The molecule has 0 saturated carbocycles. The molecular formula is C12H17ClN2O4. The average Bonchev–Trinajstić information content (AvgIpc) is 2.35. The Labute approximate surface area is 117 Å². The number of carbonyl (C=O) groups is 2. The van der Waals surface area contributed by atoms with Crippen molar-refractivity contribution in [1.29, 1.82) is 0 Å². The van der Waals surface area contributed by atoms with Crippen LogP contribution in [0.3, 0.4) is 0 Å². The normalized spacial score (nSPS) is 9.32. The summed E-state index contributed by atoms with van der Waals surface area (Å²) in [4.78, 5) is 26.3. The van der Waals surface area contributed by atoms with Gasteiger partial charge in [0.15, 0.2) is 0 Å². The summed E-state index contributed by atoms with van der Waals surface area (Å²) >= 11 is 0. The molecule has 1 heterocycles. The monoisotopic (exact) mass is 288 g/mol. The van der Waals surface area contributed by atoms with E-state index in [-0.39, 0.29) is 42.0 Å². The van der Waals surface area contributed by atoms with Crippen molar-refractivity contribution in [3.8, 4) is 5.75 Å². The minimum atomic E-state index is -0.331. The first-order valence-corrected chi connectivity index (χ1v) is 5.71. The van der Waals surface area contributed by atoms with E-state index in [0.29, 0.717) is 19.6 Å². The number of halogens is 1. The van der Waals surface area contributed by atoms with Crippen LogP contribution in [0.25, 0.3) is 0 Å². The molecule has 19 heavy (non-hydrogen) atoms. The number of carbonyl (C=O) groups excluding carboxylic acids is 2. The summed E-state index contributed by atoms with van der Waals surface area (Å²) in [5.74, 6) is -0.665. The Morgan fingerprint density at radius 3 is 2.79 bits per heavy atom. The van der Waals surface area contributed by atoms with Gasteiger partial charge in [0, 0.05) is 19.2 Å². The highest BCUT2D eigenvalue weighted by Crippen LogP contribution is 2.08. The number of nitrogens with zero attached hydrogens (tertiary/aromatic N) is 1. The van der Waals surface area contributed by atoms with Gasteiger partial charge < -0.3 is 15.2 Å². The predicted molar refractivity (Wildman–Crippen MR) is 71.4 cm³/mol. The van der Waals surface area contributed by atoms with Gasteiger partial charge in [-0.2, -0.15) is 0 Å². The summed E-state index contributed by atoms with van der Waals surface area (Å²) in [6.07, 6.45) is 3.39. The molecule has 1 aromatic heterocycles. The van der Waals surface area contributed by atoms with E-state index in [1.54, 1.807) is 6.92 Å². The zero-order chi connectivity index (χ0) is 13.4. The van der Waals surface area contributed by atoms with Crippen molar-refractivity contribution in [2.45, 2.75) is 19.8 Å². The molecule has 7 heteroatoms. The number of amides is 1. The molecule has 106 valence electrons. The fraction of sp³-hybridized carbons (Fsp3) is 0.417. The van der Waals surface area contributed by atoms with Gasteiger partial charge in [-0.1, -0.05) is 0 Å². The maximum atomic E-state index is 11.6. The van der Waals surface area contributed by atoms with E-state index in [4.69, 9.17) is 9.84 Å². The van der Waals surface area contributed by atoms with E-state index in [0.717, 1.165) is 0 Å². The van der Waals surface area contributed by atoms with Crippen LogP contribution < -0.4 is 5.32 Å². The first-order valence-electron chi connectivity index (χ1n) is 5.71. The highest BCUT2D eigenvalue weighted by molar-refractivity contribution is 5.94. The molecule has 0 fully saturated rings. The Balaban J connectivity index is 0.00000324. The van der Waals surface area contributed by atoms with Crippen molar-refractivity contribution < 1.29 is 19.4 Å². The molecule has 0 spiro atoms. The summed E-state index contributed by atoms with van der Waals surface area (Å²) < 4.78 is 4.75. The summed E-state index contributed by atoms with van der Waals surface area (Å²) in [6, 6.07) is 1.33. The topological polar surface area (TPSA) is 88.5 Å². The highest BCUT2D eigenvalue weighted by Gasteiger charge is 2.07. The summed E-state index contributed by atoms with van der Waals surface area (Å²) in [6.45, 7) is 2.47. The van der Waals surface area contributed by atoms with Crippen molar-refractivity contribution >= 4 is 24.3 Å². The van der Waals surface area contributed by atoms with Crippen LogP contribution in [-0.4, -0.2) is 35.1 Å². The van der Waals surface area contributed by atoms with Crippen LogP contribution in [0, 0.1) is 0 Å². The number of nitrogens with one attached hydrogen (secondary N) is 1. The number of hydrogen-bond donors (Lipinski definition) is 2. The first kappa shape index (κ1) is 17.2. The van der Waals surface area contributed by atoms with Gasteiger partial charge >= 0.3 is 5.97 Å². The largest absolute Gasteiger partial charge is 0.506 e. The molecule has 0 saturated heterocycles. The van der Waals surface area contributed by atoms with Crippen molar-refractivity contribution in [2.24, 2.45) is 0 Å². The zero-order valence-corrected chi connectivity index (χ0v) is 11.4. The quantitative estimate of drug-likeness (QED) is 0.608. The van der Waals surface area contributed by atoms with Crippen LogP contribution in [0.5, 0.6) is 5.75 Å². The fourth-order valence-corrected chi connectivity index (χ4v) is 1.32. The number of rotatable bonds is 6. The number of aromatic nitrogens is 1. The third kappa shape index (κ3) is 6.61. The number of ether oxygens (including phenoxy) is 1. The lowest BCUT2D eigenvalue weighted by atomic mass is 10.2. The van der Waals surface area contributed by atoms with Crippen LogP contribution in [0.15, 0.2) is 18.5 Å². The van der Waals surface area contributed by atoms with Crippen molar-refractivity contribution in [2.75, 3.05) is 13.2 Å². The molecule has 0 aliphatic rings. The van der Waals surface area contributed by atoms with Crippen molar-refractivity contribution in [3.05, 3.63) is 24.0 Å². The Morgan fingerprint density at radius 2 is 2.16 bits per heavy atom. The molecule has 0 atom stereocenters. The van der Waals surface area contributed by atoms with Crippen molar-refractivity contribution in [1.82, 2.24) is 10.3 Å². The van der Waals surface area contributed by atoms with E-state index in [1.165, 1.54) is 18.5 Å². The maximum absolute atomic E-state index is 11.6. The SMILES string of the molecule is CCOC(=O)CCCNC(=O)c1cncc(O)c1.Cl. The third-order valence-corrected chi connectivity index (χ3v) is 2.13. The Kier molecular flexibility index (Phi) is 8.28. The first-order chi connectivity index (χ1) is 8.63. The molecular weight excluding hydrogens is 272 g/mol. The van der Waals surface area contributed by atoms with Crippen LogP contribution in [0.4, 0.5) is 0 Å². The maximum Gasteiger partial charge on any atom is 0.305 e. The van der Waals surface area contributed by atoms with Gasteiger partial charge in [0.2, 0.25) is 0 Å². The van der Waals surface area contributed by atoms with Gasteiger partial charge in [0.1, 0.15) is 5.75 Å². The average molecular weight is 289 g/mol. The van der Waals surface area contributed by atoms with Crippen LogP contribution in [0.2, 0.25) is 0 Å². The lowest BCUT2D eigenvalue weighted by molar-refractivity contribution is -0.143. The van der Waals surface area contributed by atoms with Crippen LogP contribution in [0.1, 0.15) is 30.1 Å².